The maximum absolute atomic E-state index is 12.9. The first kappa shape index (κ1) is 72.8. The van der Waals surface area contributed by atoms with Crippen molar-refractivity contribution in [2.75, 3.05) is 13.2 Å². The van der Waals surface area contributed by atoms with E-state index in [1.165, 1.54) is 199 Å². The van der Waals surface area contributed by atoms with Crippen molar-refractivity contribution in [1.29, 1.82) is 0 Å². The molecule has 0 saturated carbocycles. The van der Waals surface area contributed by atoms with Crippen molar-refractivity contribution >= 4 is 17.9 Å². The molecular formula is C70H124O6. The van der Waals surface area contributed by atoms with Crippen LogP contribution in [-0.4, -0.2) is 37.2 Å². The lowest BCUT2D eigenvalue weighted by atomic mass is 10.0. The summed E-state index contributed by atoms with van der Waals surface area (Å²) in [4.78, 5) is 38.3. The molecule has 0 spiro atoms. The minimum Gasteiger partial charge on any atom is -0.462 e. The van der Waals surface area contributed by atoms with Gasteiger partial charge in [0.15, 0.2) is 6.10 Å². The van der Waals surface area contributed by atoms with E-state index in [2.05, 4.69) is 93.7 Å². The van der Waals surface area contributed by atoms with Crippen LogP contribution >= 0.6 is 0 Å². The molecule has 6 heteroatoms. The molecule has 0 N–H and O–H groups in total. The molecule has 76 heavy (non-hydrogen) atoms. The first-order chi connectivity index (χ1) is 37.5. The van der Waals surface area contributed by atoms with Crippen LogP contribution in [0, 0.1) is 0 Å². The predicted molar refractivity (Wildman–Crippen MR) is 330 cm³/mol. The van der Waals surface area contributed by atoms with Crippen molar-refractivity contribution in [3.8, 4) is 0 Å². The van der Waals surface area contributed by atoms with Crippen LogP contribution in [0.2, 0.25) is 0 Å². The van der Waals surface area contributed by atoms with E-state index in [0.29, 0.717) is 19.3 Å². The van der Waals surface area contributed by atoms with Crippen LogP contribution in [-0.2, 0) is 28.6 Å². The number of hydrogen-bond acceptors (Lipinski definition) is 6. The van der Waals surface area contributed by atoms with Crippen molar-refractivity contribution in [2.24, 2.45) is 0 Å². The number of carbonyl (C=O) groups is 3. The van der Waals surface area contributed by atoms with E-state index < -0.39 is 6.10 Å². The lowest BCUT2D eigenvalue weighted by Crippen LogP contribution is -2.30. The van der Waals surface area contributed by atoms with Gasteiger partial charge >= 0.3 is 17.9 Å². The lowest BCUT2D eigenvalue weighted by Gasteiger charge is -2.18. The van der Waals surface area contributed by atoms with Crippen molar-refractivity contribution < 1.29 is 28.6 Å². The van der Waals surface area contributed by atoms with Gasteiger partial charge in [0.1, 0.15) is 13.2 Å². The Hall–Kier alpha value is -3.15. The molecule has 0 rings (SSSR count). The summed E-state index contributed by atoms with van der Waals surface area (Å²) in [5, 5.41) is 0. The predicted octanol–water partition coefficient (Wildman–Crippen LogP) is 22.5. The van der Waals surface area contributed by atoms with Gasteiger partial charge in [-0.2, -0.15) is 0 Å². The fourth-order valence-electron chi connectivity index (χ4n) is 9.53. The van der Waals surface area contributed by atoms with Gasteiger partial charge in [-0.3, -0.25) is 14.4 Å². The topological polar surface area (TPSA) is 78.9 Å². The van der Waals surface area contributed by atoms with E-state index in [9.17, 15) is 14.4 Å². The zero-order valence-corrected chi connectivity index (χ0v) is 50.5. The summed E-state index contributed by atoms with van der Waals surface area (Å²) >= 11 is 0. The van der Waals surface area contributed by atoms with E-state index in [0.717, 1.165) is 96.3 Å². The van der Waals surface area contributed by atoms with Crippen molar-refractivity contribution in [3.05, 3.63) is 72.9 Å². The Balaban J connectivity index is 4.26. The number of hydrogen-bond donors (Lipinski definition) is 0. The number of esters is 3. The van der Waals surface area contributed by atoms with Crippen molar-refractivity contribution in [2.45, 2.75) is 341 Å². The Labute approximate surface area is 472 Å². The number of unbranched alkanes of at least 4 members (excludes halogenated alkanes) is 37. The van der Waals surface area contributed by atoms with E-state index in [-0.39, 0.29) is 31.1 Å². The molecule has 0 aromatic heterocycles. The van der Waals surface area contributed by atoms with E-state index >= 15 is 0 Å². The van der Waals surface area contributed by atoms with Crippen LogP contribution in [0.3, 0.4) is 0 Å². The Morgan fingerprint density at radius 1 is 0.276 bits per heavy atom. The molecule has 6 nitrogen and oxygen atoms in total. The highest BCUT2D eigenvalue weighted by Gasteiger charge is 2.19. The first-order valence-electron chi connectivity index (χ1n) is 32.9. The highest BCUT2D eigenvalue weighted by Crippen LogP contribution is 2.17. The van der Waals surface area contributed by atoms with Gasteiger partial charge in [-0.05, 0) is 89.9 Å². The van der Waals surface area contributed by atoms with Gasteiger partial charge in [0, 0.05) is 19.3 Å². The molecule has 0 aromatic carbocycles. The molecule has 0 fully saturated rings. The summed E-state index contributed by atoms with van der Waals surface area (Å²) in [6.07, 6.45) is 83.4. The molecule has 0 saturated heterocycles. The summed E-state index contributed by atoms with van der Waals surface area (Å²) in [5.41, 5.74) is 0. The second-order valence-corrected chi connectivity index (χ2v) is 22.0. The number of ether oxygens (including phenoxy) is 3. The largest absolute Gasteiger partial charge is 0.462 e. The average Bonchev–Trinajstić information content (AvgIpc) is 3.42. The van der Waals surface area contributed by atoms with Crippen LogP contribution in [0.4, 0.5) is 0 Å². The Kier molecular flexibility index (Phi) is 61.7. The molecular weight excluding hydrogens is 937 g/mol. The van der Waals surface area contributed by atoms with E-state index in [1.54, 1.807) is 0 Å². The monoisotopic (exact) mass is 1060 g/mol. The van der Waals surface area contributed by atoms with Gasteiger partial charge in [-0.1, -0.05) is 299 Å². The van der Waals surface area contributed by atoms with Crippen LogP contribution < -0.4 is 0 Å². The Bertz CT molecular complexity index is 1400. The zero-order chi connectivity index (χ0) is 55.0. The van der Waals surface area contributed by atoms with E-state index in [4.69, 9.17) is 14.2 Å². The molecule has 1 atom stereocenters. The van der Waals surface area contributed by atoms with Gasteiger partial charge in [-0.25, -0.2) is 0 Å². The van der Waals surface area contributed by atoms with Crippen LogP contribution in [0.15, 0.2) is 72.9 Å². The SMILES string of the molecule is CC/C=C\C/C=C\C/C=C\C/C=C\CCCCCCCCCCCCCCCCC(=O)OCC(COC(=O)CCCCCCCCCCCCCCCC)OC(=O)CCCCCCCCC/C=C\C/C=C\CCCCC. The molecule has 0 heterocycles. The fourth-order valence-corrected chi connectivity index (χ4v) is 9.53. The van der Waals surface area contributed by atoms with Gasteiger partial charge in [0.2, 0.25) is 0 Å². The molecule has 0 amide bonds. The quantitative estimate of drug-likeness (QED) is 0.0261. The third kappa shape index (κ3) is 61.7. The molecule has 0 aromatic rings. The van der Waals surface area contributed by atoms with Crippen molar-refractivity contribution in [1.82, 2.24) is 0 Å². The normalized spacial score (nSPS) is 12.5. The summed E-state index contributed by atoms with van der Waals surface area (Å²) in [6.45, 7) is 6.54. The molecule has 440 valence electrons. The third-order valence-corrected chi connectivity index (χ3v) is 14.4. The second-order valence-electron chi connectivity index (χ2n) is 22.0. The summed E-state index contributed by atoms with van der Waals surface area (Å²) in [7, 11) is 0. The minimum absolute atomic E-state index is 0.0743. The van der Waals surface area contributed by atoms with Gasteiger partial charge in [0.25, 0.3) is 0 Å². The highest BCUT2D eigenvalue weighted by atomic mass is 16.6. The summed E-state index contributed by atoms with van der Waals surface area (Å²) < 4.78 is 16.9. The van der Waals surface area contributed by atoms with Gasteiger partial charge in [0.05, 0.1) is 0 Å². The summed E-state index contributed by atoms with van der Waals surface area (Å²) in [5.74, 6) is -0.864. The number of rotatable bonds is 60. The Morgan fingerprint density at radius 3 is 0.829 bits per heavy atom. The van der Waals surface area contributed by atoms with Gasteiger partial charge < -0.3 is 14.2 Å². The maximum atomic E-state index is 12.9. The smallest absolute Gasteiger partial charge is 0.306 e. The lowest BCUT2D eigenvalue weighted by molar-refractivity contribution is -0.167. The fraction of sp³-hybridized carbons (Fsp3) is 0.786. The number of allylic oxidation sites excluding steroid dienone is 12. The molecule has 0 aliphatic carbocycles. The summed E-state index contributed by atoms with van der Waals surface area (Å²) in [6, 6.07) is 0. The Morgan fingerprint density at radius 2 is 0.513 bits per heavy atom. The third-order valence-electron chi connectivity index (χ3n) is 14.4. The zero-order valence-electron chi connectivity index (χ0n) is 50.5. The van der Waals surface area contributed by atoms with Crippen LogP contribution in [0.25, 0.3) is 0 Å². The first-order valence-corrected chi connectivity index (χ1v) is 32.9. The molecule has 1 unspecified atom stereocenters. The van der Waals surface area contributed by atoms with Crippen LogP contribution in [0.5, 0.6) is 0 Å². The molecule has 0 aliphatic rings. The van der Waals surface area contributed by atoms with Gasteiger partial charge in [-0.15, -0.1) is 0 Å². The molecule has 0 radical (unpaired) electrons. The minimum atomic E-state index is -0.778. The molecule has 0 bridgehead atoms. The average molecular weight is 1060 g/mol. The maximum Gasteiger partial charge on any atom is 0.306 e. The molecule has 0 aliphatic heterocycles. The number of carbonyl (C=O) groups excluding carboxylic acids is 3. The van der Waals surface area contributed by atoms with Crippen molar-refractivity contribution in [3.63, 3.8) is 0 Å². The highest BCUT2D eigenvalue weighted by molar-refractivity contribution is 5.71. The van der Waals surface area contributed by atoms with E-state index in [1.807, 2.05) is 0 Å². The standard InChI is InChI=1S/C70H124O6/c1-4-7-10-13-16-19-22-25-28-30-31-32-33-34-35-36-37-38-39-41-42-45-48-51-54-57-60-63-69(72)75-66-67(65-74-68(71)62-59-56-53-50-47-44-27-24-21-18-15-12-9-6-3)76-70(73)64-61-58-55-52-49-46-43-40-29-26-23-20-17-14-11-8-5-2/h7,10,16-17,19-20,25-26,28-29,31-32,67H,4-6,8-9,11-15,18,21-24,27,30,33-66H2,1-3H3/b10-7-,19-16-,20-17-,28-25-,29-26-,32-31-. The second kappa shape index (κ2) is 64.4. The van der Waals surface area contributed by atoms with Crippen LogP contribution in [0.1, 0.15) is 335 Å².